The molecule has 2 heterocycles. The first-order valence-electron chi connectivity index (χ1n) is 9.63. The Bertz CT molecular complexity index is 683. The normalized spacial score (nSPS) is 19.9. The second-order valence-electron chi connectivity index (χ2n) is 7.34. The molecule has 2 fully saturated rings. The average Bonchev–Trinajstić information content (AvgIpc) is 3.04. The van der Waals surface area contributed by atoms with E-state index in [2.05, 4.69) is 5.32 Å². The highest BCUT2D eigenvalue weighted by Crippen LogP contribution is 2.20. The van der Waals surface area contributed by atoms with Gasteiger partial charge in [-0.1, -0.05) is 6.07 Å². The number of hydrogen-bond acceptors (Lipinski definition) is 4. The van der Waals surface area contributed by atoms with Gasteiger partial charge in [0.1, 0.15) is 12.4 Å². The zero-order valence-electron chi connectivity index (χ0n) is 16.3. The number of halogens is 2. The Morgan fingerprint density at radius 2 is 1.96 bits per heavy atom. The number of amides is 2. The summed E-state index contributed by atoms with van der Waals surface area (Å²) in [5, 5.41) is 3.33. The molecule has 0 radical (unpaired) electrons. The van der Waals surface area contributed by atoms with E-state index >= 15 is 0 Å². The van der Waals surface area contributed by atoms with Crippen molar-refractivity contribution in [3.8, 4) is 0 Å². The second kappa shape index (κ2) is 10.7. The van der Waals surface area contributed by atoms with Crippen molar-refractivity contribution in [1.82, 2.24) is 15.1 Å². The van der Waals surface area contributed by atoms with Gasteiger partial charge in [-0.25, -0.2) is 4.39 Å². The molecule has 1 aromatic rings. The van der Waals surface area contributed by atoms with Gasteiger partial charge in [0.15, 0.2) is 0 Å². The minimum atomic E-state index is -0.482. The molecule has 156 valence electrons. The van der Waals surface area contributed by atoms with Crippen LogP contribution in [0, 0.1) is 11.7 Å². The van der Waals surface area contributed by atoms with Gasteiger partial charge in [-0.05, 0) is 56.0 Å². The van der Waals surface area contributed by atoms with E-state index in [1.807, 2.05) is 0 Å². The highest BCUT2D eigenvalue weighted by molar-refractivity contribution is 5.94. The molecule has 1 atom stereocenters. The SMILES string of the molecule is COCC(=O)N1CCCN(C(=O)c2cc(CC3CCNC3)ccc2F)CC1.Cl. The third kappa shape index (κ3) is 5.65. The van der Waals surface area contributed by atoms with E-state index in [4.69, 9.17) is 4.74 Å². The van der Waals surface area contributed by atoms with Crippen molar-refractivity contribution in [1.29, 1.82) is 0 Å². The number of nitrogens with one attached hydrogen (secondary N) is 1. The number of ether oxygens (including phenoxy) is 1. The minimum Gasteiger partial charge on any atom is -0.375 e. The quantitative estimate of drug-likeness (QED) is 0.798. The van der Waals surface area contributed by atoms with E-state index in [9.17, 15) is 14.0 Å². The van der Waals surface area contributed by atoms with E-state index in [1.165, 1.54) is 13.2 Å². The van der Waals surface area contributed by atoms with Crippen LogP contribution in [0.4, 0.5) is 4.39 Å². The van der Waals surface area contributed by atoms with Crippen LogP contribution in [0.5, 0.6) is 0 Å². The Balaban J connectivity index is 0.00000280. The Morgan fingerprint density at radius 3 is 2.68 bits per heavy atom. The lowest BCUT2D eigenvalue weighted by Crippen LogP contribution is -2.38. The van der Waals surface area contributed by atoms with Crippen LogP contribution in [-0.2, 0) is 16.0 Å². The predicted molar refractivity (Wildman–Crippen MR) is 107 cm³/mol. The first-order valence-corrected chi connectivity index (χ1v) is 9.63. The lowest BCUT2D eigenvalue weighted by atomic mass is 9.97. The summed E-state index contributed by atoms with van der Waals surface area (Å²) in [7, 11) is 1.49. The molecular formula is C20H29ClFN3O3. The van der Waals surface area contributed by atoms with Gasteiger partial charge in [0.25, 0.3) is 5.91 Å². The first-order chi connectivity index (χ1) is 13.1. The molecule has 3 rings (SSSR count). The number of hydrogen-bond donors (Lipinski definition) is 1. The minimum absolute atomic E-state index is 0. The maximum absolute atomic E-state index is 14.4. The van der Waals surface area contributed by atoms with Crippen LogP contribution in [0.25, 0.3) is 0 Å². The van der Waals surface area contributed by atoms with Gasteiger partial charge in [-0.15, -0.1) is 12.4 Å². The highest BCUT2D eigenvalue weighted by Gasteiger charge is 2.25. The molecule has 2 saturated heterocycles. The molecule has 28 heavy (non-hydrogen) atoms. The van der Waals surface area contributed by atoms with Crippen LogP contribution in [0.3, 0.4) is 0 Å². The standard InChI is InChI=1S/C20H28FN3O3.ClH/c1-27-14-19(25)23-7-2-8-24(10-9-23)20(26)17-12-15(3-4-18(17)21)11-16-5-6-22-13-16;/h3-4,12,16,22H,2,5-11,13-14H2,1H3;1H. The molecule has 2 aliphatic rings. The zero-order valence-corrected chi connectivity index (χ0v) is 17.1. The van der Waals surface area contributed by atoms with Crippen LogP contribution in [-0.4, -0.2) is 74.6 Å². The number of methoxy groups -OCH3 is 1. The summed E-state index contributed by atoms with van der Waals surface area (Å²) < 4.78 is 19.3. The van der Waals surface area contributed by atoms with Crippen molar-refractivity contribution in [2.45, 2.75) is 19.3 Å². The molecule has 0 aliphatic carbocycles. The average molecular weight is 414 g/mol. The topological polar surface area (TPSA) is 61.9 Å². The van der Waals surface area contributed by atoms with Gasteiger partial charge in [-0.2, -0.15) is 0 Å². The highest BCUT2D eigenvalue weighted by atomic mass is 35.5. The summed E-state index contributed by atoms with van der Waals surface area (Å²) in [6.07, 6.45) is 2.64. The Hall–Kier alpha value is -1.70. The maximum Gasteiger partial charge on any atom is 0.256 e. The van der Waals surface area contributed by atoms with Crippen molar-refractivity contribution >= 4 is 24.2 Å². The fourth-order valence-corrected chi connectivity index (χ4v) is 3.84. The molecule has 2 aliphatic heterocycles. The number of nitrogens with zero attached hydrogens (tertiary/aromatic N) is 2. The maximum atomic E-state index is 14.4. The van der Waals surface area contributed by atoms with E-state index in [1.54, 1.807) is 21.9 Å². The fourth-order valence-electron chi connectivity index (χ4n) is 3.84. The molecule has 8 heteroatoms. The Kier molecular flexibility index (Phi) is 8.66. The molecular weight excluding hydrogens is 385 g/mol. The molecule has 2 amide bonds. The van der Waals surface area contributed by atoms with Gasteiger partial charge >= 0.3 is 0 Å². The smallest absolute Gasteiger partial charge is 0.256 e. The van der Waals surface area contributed by atoms with Gasteiger partial charge in [0.05, 0.1) is 5.56 Å². The van der Waals surface area contributed by atoms with Crippen LogP contribution >= 0.6 is 12.4 Å². The molecule has 6 nitrogen and oxygen atoms in total. The monoisotopic (exact) mass is 413 g/mol. The van der Waals surface area contributed by atoms with Crippen molar-refractivity contribution in [3.63, 3.8) is 0 Å². The molecule has 0 spiro atoms. The second-order valence-corrected chi connectivity index (χ2v) is 7.34. The van der Waals surface area contributed by atoms with Crippen molar-refractivity contribution < 1.29 is 18.7 Å². The van der Waals surface area contributed by atoms with E-state index in [0.29, 0.717) is 38.5 Å². The summed E-state index contributed by atoms with van der Waals surface area (Å²) in [5.41, 5.74) is 1.13. The Morgan fingerprint density at radius 1 is 1.21 bits per heavy atom. The van der Waals surface area contributed by atoms with Crippen LogP contribution < -0.4 is 5.32 Å². The van der Waals surface area contributed by atoms with Gasteiger partial charge in [0.2, 0.25) is 5.91 Å². The summed E-state index contributed by atoms with van der Waals surface area (Å²) >= 11 is 0. The summed E-state index contributed by atoms with van der Waals surface area (Å²) in [5.74, 6) is -0.313. The van der Waals surface area contributed by atoms with Gasteiger partial charge < -0.3 is 19.9 Å². The molecule has 1 N–H and O–H groups in total. The van der Waals surface area contributed by atoms with E-state index in [-0.39, 0.29) is 36.4 Å². The zero-order chi connectivity index (χ0) is 19.2. The van der Waals surface area contributed by atoms with Crippen molar-refractivity contribution in [2.75, 3.05) is 53.0 Å². The van der Waals surface area contributed by atoms with Crippen LogP contribution in [0.1, 0.15) is 28.8 Å². The third-order valence-electron chi connectivity index (χ3n) is 5.35. The third-order valence-corrected chi connectivity index (χ3v) is 5.35. The number of carbonyl (C=O) groups is 2. The summed E-state index contributed by atoms with van der Waals surface area (Å²) in [6.45, 7) is 3.99. The van der Waals surface area contributed by atoms with Gasteiger partial charge in [0, 0.05) is 33.3 Å². The summed E-state index contributed by atoms with van der Waals surface area (Å²) in [4.78, 5) is 28.3. The lowest BCUT2D eigenvalue weighted by molar-refractivity contribution is -0.135. The van der Waals surface area contributed by atoms with Gasteiger partial charge in [-0.3, -0.25) is 9.59 Å². The first kappa shape index (κ1) is 22.6. The lowest BCUT2D eigenvalue weighted by Gasteiger charge is -2.22. The molecule has 1 unspecified atom stereocenters. The summed E-state index contributed by atoms with van der Waals surface area (Å²) in [6, 6.07) is 4.88. The van der Waals surface area contributed by atoms with E-state index in [0.717, 1.165) is 31.5 Å². The number of carbonyl (C=O) groups excluding carboxylic acids is 2. The molecule has 0 saturated carbocycles. The van der Waals surface area contributed by atoms with Crippen molar-refractivity contribution in [2.24, 2.45) is 5.92 Å². The van der Waals surface area contributed by atoms with Crippen LogP contribution in [0.15, 0.2) is 18.2 Å². The predicted octanol–water partition coefficient (Wildman–Crippen LogP) is 1.72. The molecule has 0 aromatic heterocycles. The van der Waals surface area contributed by atoms with Crippen LogP contribution in [0.2, 0.25) is 0 Å². The van der Waals surface area contributed by atoms with E-state index < -0.39 is 5.82 Å². The molecule has 1 aromatic carbocycles. The Labute approximate surface area is 171 Å². The number of rotatable bonds is 5. The molecule has 0 bridgehead atoms. The fraction of sp³-hybridized carbons (Fsp3) is 0.600. The van der Waals surface area contributed by atoms with Crippen molar-refractivity contribution in [3.05, 3.63) is 35.1 Å². The largest absolute Gasteiger partial charge is 0.375 e. The number of benzene rings is 1.